The second-order valence-electron chi connectivity index (χ2n) is 14.0. The minimum atomic E-state index is 0.578. The molecule has 0 saturated heterocycles. The predicted molar refractivity (Wildman–Crippen MR) is 229 cm³/mol. The molecule has 262 valence electrons. The summed E-state index contributed by atoms with van der Waals surface area (Å²) in [6, 6.07) is 67.4. The van der Waals surface area contributed by atoms with Crippen LogP contribution in [0.2, 0.25) is 0 Å². The Balaban J connectivity index is 1.26. The molecule has 11 rings (SSSR count). The van der Waals surface area contributed by atoms with Crippen molar-refractivity contribution in [3.8, 4) is 62.1 Å². The van der Waals surface area contributed by atoms with E-state index in [0.29, 0.717) is 17.5 Å². The summed E-state index contributed by atoms with van der Waals surface area (Å²) in [5.41, 5.74) is 11.9. The summed E-state index contributed by atoms with van der Waals surface area (Å²) in [6.07, 6.45) is 0. The van der Waals surface area contributed by atoms with Gasteiger partial charge in [-0.05, 0) is 52.6 Å². The standard InChI is InChI=1S/C51H32N4O/c1-4-16-33(17-5-1)37-22-10-11-23-38(37)36-28-31-45(43(32-36)51-53-49(34-18-6-2-7-19-34)52-50(54-51)35-20-8-3-9-21-35)55-44-26-14-12-24-39(44)41-29-30-42-40-25-13-15-27-46(40)56-48(42)47(41)55/h1-32H. The lowest BCUT2D eigenvalue weighted by atomic mass is 9.93. The van der Waals surface area contributed by atoms with Gasteiger partial charge in [-0.2, -0.15) is 0 Å². The third-order valence-corrected chi connectivity index (χ3v) is 10.7. The van der Waals surface area contributed by atoms with Crippen molar-refractivity contribution < 1.29 is 4.42 Å². The molecular formula is C51H32N4O. The van der Waals surface area contributed by atoms with Gasteiger partial charge in [0, 0.05) is 38.2 Å². The molecule has 0 radical (unpaired) electrons. The van der Waals surface area contributed by atoms with Crippen molar-refractivity contribution >= 4 is 43.7 Å². The minimum Gasteiger partial charge on any atom is -0.454 e. The van der Waals surface area contributed by atoms with E-state index in [2.05, 4.69) is 126 Å². The molecule has 3 heterocycles. The average molecular weight is 717 g/mol. The Morgan fingerprint density at radius 3 is 1.59 bits per heavy atom. The summed E-state index contributed by atoms with van der Waals surface area (Å²) in [6.45, 7) is 0. The zero-order chi connectivity index (χ0) is 37.0. The SMILES string of the molecule is c1ccc(-c2nc(-c3ccccc3)nc(-c3cc(-c4ccccc4-c4ccccc4)ccc3-n3c4ccccc4c4ccc5c6ccccc6oc5c43)n2)cc1. The fraction of sp³-hybridized carbons (Fsp3) is 0. The topological polar surface area (TPSA) is 56.7 Å². The van der Waals surface area contributed by atoms with Crippen LogP contribution >= 0.6 is 0 Å². The number of para-hydroxylation sites is 2. The molecule has 0 N–H and O–H groups in total. The van der Waals surface area contributed by atoms with Crippen LogP contribution in [-0.2, 0) is 0 Å². The zero-order valence-corrected chi connectivity index (χ0v) is 30.2. The molecule has 5 heteroatoms. The second kappa shape index (κ2) is 13.0. The van der Waals surface area contributed by atoms with Crippen molar-refractivity contribution in [2.24, 2.45) is 0 Å². The number of benzene rings is 8. The number of rotatable bonds is 6. The van der Waals surface area contributed by atoms with E-state index in [1.165, 1.54) is 0 Å². The number of nitrogens with zero attached hydrogens (tertiary/aromatic N) is 4. The van der Waals surface area contributed by atoms with Crippen LogP contribution in [0.3, 0.4) is 0 Å². The van der Waals surface area contributed by atoms with Crippen molar-refractivity contribution in [3.05, 3.63) is 194 Å². The molecule has 0 fully saturated rings. The quantitative estimate of drug-likeness (QED) is 0.172. The summed E-state index contributed by atoms with van der Waals surface area (Å²) in [5, 5.41) is 4.42. The van der Waals surface area contributed by atoms with Crippen LogP contribution in [-0.4, -0.2) is 19.5 Å². The van der Waals surface area contributed by atoms with Crippen LogP contribution in [0.5, 0.6) is 0 Å². The van der Waals surface area contributed by atoms with Gasteiger partial charge >= 0.3 is 0 Å². The Morgan fingerprint density at radius 1 is 0.357 bits per heavy atom. The Morgan fingerprint density at radius 2 is 0.893 bits per heavy atom. The van der Waals surface area contributed by atoms with E-state index in [1.54, 1.807) is 0 Å². The van der Waals surface area contributed by atoms with Crippen LogP contribution in [0.25, 0.3) is 106 Å². The Labute approximate surface area is 322 Å². The first-order valence-corrected chi connectivity index (χ1v) is 18.8. The largest absolute Gasteiger partial charge is 0.454 e. The molecule has 0 aliphatic heterocycles. The first kappa shape index (κ1) is 31.9. The number of fused-ring (bicyclic) bond motifs is 7. The first-order valence-electron chi connectivity index (χ1n) is 18.8. The molecular weight excluding hydrogens is 685 g/mol. The van der Waals surface area contributed by atoms with Gasteiger partial charge in [0.05, 0.1) is 16.7 Å². The molecule has 0 amide bonds. The fourth-order valence-electron chi connectivity index (χ4n) is 8.09. The third kappa shape index (κ3) is 5.21. The van der Waals surface area contributed by atoms with Gasteiger partial charge in [-0.25, -0.2) is 15.0 Å². The smallest absolute Gasteiger partial charge is 0.166 e. The van der Waals surface area contributed by atoms with E-state index in [4.69, 9.17) is 19.4 Å². The van der Waals surface area contributed by atoms with Gasteiger partial charge in [0.2, 0.25) is 0 Å². The second-order valence-corrected chi connectivity index (χ2v) is 14.0. The zero-order valence-electron chi connectivity index (χ0n) is 30.2. The van der Waals surface area contributed by atoms with E-state index < -0.39 is 0 Å². The van der Waals surface area contributed by atoms with Crippen LogP contribution in [0, 0.1) is 0 Å². The van der Waals surface area contributed by atoms with Crippen LogP contribution in [0.4, 0.5) is 0 Å². The normalized spacial score (nSPS) is 11.6. The first-order chi connectivity index (χ1) is 27.8. The molecule has 5 nitrogen and oxygen atoms in total. The molecule has 0 aliphatic carbocycles. The highest BCUT2D eigenvalue weighted by Gasteiger charge is 2.23. The Hall–Kier alpha value is -7.63. The number of furan rings is 1. The van der Waals surface area contributed by atoms with Crippen molar-refractivity contribution in [2.75, 3.05) is 0 Å². The van der Waals surface area contributed by atoms with E-state index >= 15 is 0 Å². The fourth-order valence-corrected chi connectivity index (χ4v) is 8.09. The van der Waals surface area contributed by atoms with Crippen LogP contribution in [0.15, 0.2) is 199 Å². The lowest BCUT2D eigenvalue weighted by Crippen LogP contribution is -2.04. The van der Waals surface area contributed by atoms with Crippen molar-refractivity contribution in [2.45, 2.75) is 0 Å². The lowest BCUT2D eigenvalue weighted by molar-refractivity contribution is 0.671. The Kier molecular flexibility index (Phi) is 7.42. The highest BCUT2D eigenvalue weighted by atomic mass is 16.3. The van der Waals surface area contributed by atoms with E-state index in [9.17, 15) is 0 Å². The highest BCUT2D eigenvalue weighted by molar-refractivity contribution is 6.21. The predicted octanol–water partition coefficient (Wildman–Crippen LogP) is 13.2. The molecule has 0 atom stereocenters. The Bertz CT molecular complexity index is 3180. The highest BCUT2D eigenvalue weighted by Crippen LogP contribution is 2.43. The number of hydrogen-bond donors (Lipinski definition) is 0. The third-order valence-electron chi connectivity index (χ3n) is 10.7. The summed E-state index contributed by atoms with van der Waals surface area (Å²) in [4.78, 5) is 15.6. The molecule has 0 unspecified atom stereocenters. The molecule has 0 spiro atoms. The molecule has 0 bridgehead atoms. The van der Waals surface area contributed by atoms with E-state index in [-0.39, 0.29) is 0 Å². The molecule has 0 saturated carbocycles. The number of hydrogen-bond acceptors (Lipinski definition) is 4. The van der Waals surface area contributed by atoms with E-state index in [1.807, 2.05) is 72.8 Å². The van der Waals surface area contributed by atoms with Gasteiger partial charge in [-0.1, -0.05) is 164 Å². The molecule has 56 heavy (non-hydrogen) atoms. The molecule has 8 aromatic carbocycles. The van der Waals surface area contributed by atoms with Crippen LogP contribution in [0.1, 0.15) is 0 Å². The van der Waals surface area contributed by atoms with E-state index in [0.717, 1.165) is 88.4 Å². The summed E-state index contributed by atoms with van der Waals surface area (Å²) in [7, 11) is 0. The maximum Gasteiger partial charge on any atom is 0.166 e. The summed E-state index contributed by atoms with van der Waals surface area (Å²) in [5.74, 6) is 1.80. The van der Waals surface area contributed by atoms with Gasteiger partial charge < -0.3 is 8.98 Å². The maximum absolute atomic E-state index is 6.75. The monoisotopic (exact) mass is 716 g/mol. The molecule has 11 aromatic rings. The lowest BCUT2D eigenvalue weighted by Gasteiger charge is -2.17. The summed E-state index contributed by atoms with van der Waals surface area (Å²) >= 11 is 0. The van der Waals surface area contributed by atoms with Crippen molar-refractivity contribution in [1.29, 1.82) is 0 Å². The average Bonchev–Trinajstić information content (AvgIpc) is 3.83. The van der Waals surface area contributed by atoms with Crippen molar-refractivity contribution in [1.82, 2.24) is 19.5 Å². The van der Waals surface area contributed by atoms with Gasteiger partial charge in [0.1, 0.15) is 5.58 Å². The van der Waals surface area contributed by atoms with Gasteiger partial charge in [0.15, 0.2) is 23.1 Å². The maximum atomic E-state index is 6.75. The molecule has 3 aromatic heterocycles. The van der Waals surface area contributed by atoms with Gasteiger partial charge in [-0.3, -0.25) is 0 Å². The minimum absolute atomic E-state index is 0.578. The summed E-state index contributed by atoms with van der Waals surface area (Å²) < 4.78 is 9.09. The number of aromatic nitrogens is 4. The van der Waals surface area contributed by atoms with Crippen LogP contribution < -0.4 is 0 Å². The molecule has 0 aliphatic rings. The van der Waals surface area contributed by atoms with Gasteiger partial charge in [0.25, 0.3) is 0 Å². The van der Waals surface area contributed by atoms with Gasteiger partial charge in [-0.15, -0.1) is 0 Å². The van der Waals surface area contributed by atoms with Crippen molar-refractivity contribution in [3.63, 3.8) is 0 Å².